The van der Waals surface area contributed by atoms with Crippen LogP contribution in [0, 0.1) is 0 Å². The number of nitrogens with zero attached hydrogens (tertiary/aromatic N) is 2. The van der Waals surface area contributed by atoms with Gasteiger partial charge in [-0.2, -0.15) is 0 Å². The first-order chi connectivity index (χ1) is 10.4. The van der Waals surface area contributed by atoms with E-state index in [0.717, 1.165) is 37.6 Å². The zero-order chi connectivity index (χ0) is 14.6. The van der Waals surface area contributed by atoms with Crippen molar-refractivity contribution in [2.45, 2.75) is 13.1 Å². The molecule has 0 aromatic carbocycles. The van der Waals surface area contributed by atoms with Gasteiger partial charge in [-0.15, -0.1) is 0 Å². The van der Waals surface area contributed by atoms with Gasteiger partial charge in [0.2, 0.25) is 0 Å². The molecule has 0 aliphatic heterocycles. The minimum absolute atomic E-state index is 0.706. The number of pyridine rings is 2. The number of ether oxygens (including phenoxy) is 1. The topological polar surface area (TPSA) is 59.1 Å². The van der Waals surface area contributed by atoms with Gasteiger partial charge in [-0.05, 0) is 24.3 Å². The lowest BCUT2D eigenvalue weighted by atomic mass is 10.3. The number of hydrogen-bond acceptors (Lipinski definition) is 5. The fourth-order valence-electron chi connectivity index (χ4n) is 1.83. The molecule has 21 heavy (non-hydrogen) atoms. The van der Waals surface area contributed by atoms with Crippen LogP contribution in [0.25, 0.3) is 0 Å². The maximum Gasteiger partial charge on any atom is 0.0591 e. The van der Waals surface area contributed by atoms with Gasteiger partial charge in [-0.25, -0.2) is 0 Å². The van der Waals surface area contributed by atoms with E-state index in [1.165, 1.54) is 0 Å². The second kappa shape index (κ2) is 9.99. The molecule has 0 bridgehead atoms. The second-order valence-corrected chi connectivity index (χ2v) is 4.61. The van der Waals surface area contributed by atoms with Crippen LogP contribution in [0.15, 0.2) is 48.8 Å². The normalized spacial score (nSPS) is 10.7. The molecule has 0 amide bonds. The van der Waals surface area contributed by atoms with E-state index < -0.39 is 0 Å². The molecule has 2 aromatic rings. The second-order valence-electron chi connectivity index (χ2n) is 4.61. The molecule has 2 N–H and O–H groups in total. The van der Waals surface area contributed by atoms with Crippen molar-refractivity contribution in [3.05, 3.63) is 60.2 Å². The summed E-state index contributed by atoms with van der Waals surface area (Å²) < 4.78 is 5.54. The molecule has 0 aliphatic rings. The third-order valence-electron chi connectivity index (χ3n) is 2.91. The van der Waals surface area contributed by atoms with Crippen molar-refractivity contribution >= 4 is 0 Å². The Morgan fingerprint density at radius 1 is 0.762 bits per heavy atom. The number of rotatable bonds is 10. The van der Waals surface area contributed by atoms with Crippen LogP contribution in [-0.4, -0.2) is 36.3 Å². The third-order valence-corrected chi connectivity index (χ3v) is 2.91. The summed E-state index contributed by atoms with van der Waals surface area (Å²) >= 11 is 0. The lowest BCUT2D eigenvalue weighted by Crippen LogP contribution is -2.23. The quantitative estimate of drug-likeness (QED) is 0.646. The predicted molar refractivity (Wildman–Crippen MR) is 82.7 cm³/mol. The highest BCUT2D eigenvalue weighted by Gasteiger charge is 1.94. The van der Waals surface area contributed by atoms with E-state index in [1.54, 1.807) is 12.4 Å². The fourth-order valence-corrected chi connectivity index (χ4v) is 1.83. The van der Waals surface area contributed by atoms with E-state index in [-0.39, 0.29) is 0 Å². The molecule has 0 spiro atoms. The smallest absolute Gasteiger partial charge is 0.0591 e. The Morgan fingerprint density at radius 3 is 1.71 bits per heavy atom. The Morgan fingerprint density at radius 2 is 1.29 bits per heavy atom. The van der Waals surface area contributed by atoms with Crippen molar-refractivity contribution in [3.8, 4) is 0 Å². The Hall–Kier alpha value is -1.82. The SMILES string of the molecule is c1ccc(CNCCOCCNCc2ccccn2)nc1. The molecule has 112 valence electrons. The molecule has 0 unspecified atom stereocenters. The first kappa shape index (κ1) is 15.6. The molecule has 5 nitrogen and oxygen atoms in total. The van der Waals surface area contributed by atoms with Crippen LogP contribution in [0.5, 0.6) is 0 Å². The van der Waals surface area contributed by atoms with Gasteiger partial charge in [0, 0.05) is 38.6 Å². The predicted octanol–water partition coefficient (Wildman–Crippen LogP) is 1.37. The largest absolute Gasteiger partial charge is 0.379 e. The monoisotopic (exact) mass is 286 g/mol. The molecule has 0 atom stereocenters. The summed E-state index contributed by atoms with van der Waals surface area (Å²) in [5.74, 6) is 0. The van der Waals surface area contributed by atoms with Gasteiger partial charge in [0.05, 0.1) is 24.6 Å². The van der Waals surface area contributed by atoms with Crippen molar-refractivity contribution in [2.75, 3.05) is 26.3 Å². The van der Waals surface area contributed by atoms with Crippen molar-refractivity contribution < 1.29 is 4.74 Å². The van der Waals surface area contributed by atoms with Crippen LogP contribution in [0.3, 0.4) is 0 Å². The summed E-state index contributed by atoms with van der Waals surface area (Å²) in [5, 5.41) is 6.60. The van der Waals surface area contributed by atoms with Gasteiger partial charge < -0.3 is 15.4 Å². The van der Waals surface area contributed by atoms with Crippen LogP contribution >= 0.6 is 0 Å². The van der Waals surface area contributed by atoms with Crippen molar-refractivity contribution in [1.82, 2.24) is 20.6 Å². The van der Waals surface area contributed by atoms with Gasteiger partial charge in [0.25, 0.3) is 0 Å². The third kappa shape index (κ3) is 6.94. The number of hydrogen-bond donors (Lipinski definition) is 2. The molecule has 0 aliphatic carbocycles. The van der Waals surface area contributed by atoms with Crippen molar-refractivity contribution in [1.29, 1.82) is 0 Å². The van der Waals surface area contributed by atoms with Crippen LogP contribution in [-0.2, 0) is 17.8 Å². The molecule has 2 aromatic heterocycles. The van der Waals surface area contributed by atoms with Crippen LogP contribution in [0.2, 0.25) is 0 Å². The lowest BCUT2D eigenvalue weighted by molar-refractivity contribution is 0.137. The van der Waals surface area contributed by atoms with Crippen LogP contribution < -0.4 is 10.6 Å². The fraction of sp³-hybridized carbons (Fsp3) is 0.375. The molecule has 0 radical (unpaired) electrons. The molecule has 5 heteroatoms. The molecule has 0 saturated carbocycles. The first-order valence-corrected chi connectivity index (χ1v) is 7.24. The maximum atomic E-state index is 5.54. The highest BCUT2D eigenvalue weighted by atomic mass is 16.5. The summed E-state index contributed by atoms with van der Waals surface area (Å²) in [7, 11) is 0. The van der Waals surface area contributed by atoms with Crippen LogP contribution in [0.4, 0.5) is 0 Å². The molecular weight excluding hydrogens is 264 g/mol. The zero-order valence-electron chi connectivity index (χ0n) is 12.2. The Balaban J connectivity index is 1.40. The Labute approximate surface area is 125 Å². The van der Waals surface area contributed by atoms with Crippen LogP contribution in [0.1, 0.15) is 11.4 Å². The van der Waals surface area contributed by atoms with E-state index in [4.69, 9.17) is 4.74 Å². The minimum atomic E-state index is 0.706. The van der Waals surface area contributed by atoms with E-state index in [9.17, 15) is 0 Å². The van der Waals surface area contributed by atoms with Gasteiger partial charge in [0.1, 0.15) is 0 Å². The maximum absolute atomic E-state index is 5.54. The highest BCUT2D eigenvalue weighted by Crippen LogP contribution is 1.92. The number of aromatic nitrogens is 2. The summed E-state index contributed by atoms with van der Waals surface area (Å²) in [6, 6.07) is 11.8. The molecule has 2 rings (SSSR count). The molecule has 2 heterocycles. The van der Waals surface area contributed by atoms with Gasteiger partial charge in [0.15, 0.2) is 0 Å². The van der Waals surface area contributed by atoms with Gasteiger partial charge in [-0.3, -0.25) is 9.97 Å². The Bertz CT molecular complexity index is 433. The molecular formula is C16H22N4O. The van der Waals surface area contributed by atoms with E-state index in [1.807, 2.05) is 36.4 Å². The number of nitrogens with one attached hydrogen (secondary N) is 2. The zero-order valence-corrected chi connectivity index (χ0v) is 12.2. The van der Waals surface area contributed by atoms with Crippen molar-refractivity contribution in [2.24, 2.45) is 0 Å². The highest BCUT2D eigenvalue weighted by molar-refractivity contribution is 5.03. The summed E-state index contributed by atoms with van der Waals surface area (Å²) in [5.41, 5.74) is 2.10. The van der Waals surface area contributed by atoms with Gasteiger partial charge >= 0.3 is 0 Å². The summed E-state index contributed by atoms with van der Waals surface area (Å²) in [4.78, 5) is 8.49. The summed E-state index contributed by atoms with van der Waals surface area (Å²) in [6.45, 7) is 4.63. The average Bonchev–Trinajstić information content (AvgIpc) is 2.55. The van der Waals surface area contributed by atoms with E-state index >= 15 is 0 Å². The van der Waals surface area contributed by atoms with E-state index in [2.05, 4.69) is 20.6 Å². The standard InChI is InChI=1S/C16H22N4O/c1-3-7-19-15(5-1)13-17-9-11-21-12-10-18-14-16-6-2-4-8-20-16/h1-8,17-18H,9-14H2. The molecule has 0 fully saturated rings. The lowest BCUT2D eigenvalue weighted by Gasteiger charge is -2.07. The average molecular weight is 286 g/mol. The minimum Gasteiger partial charge on any atom is -0.379 e. The Kier molecular flexibility index (Phi) is 7.40. The van der Waals surface area contributed by atoms with E-state index in [0.29, 0.717) is 13.2 Å². The van der Waals surface area contributed by atoms with Gasteiger partial charge in [-0.1, -0.05) is 12.1 Å². The first-order valence-electron chi connectivity index (χ1n) is 7.24. The summed E-state index contributed by atoms with van der Waals surface area (Å²) in [6.07, 6.45) is 3.61. The van der Waals surface area contributed by atoms with Crippen molar-refractivity contribution in [3.63, 3.8) is 0 Å². The molecule has 0 saturated heterocycles.